The van der Waals surface area contributed by atoms with E-state index in [2.05, 4.69) is 63.2 Å². The number of fused-ring (bicyclic) bond motifs is 2. The van der Waals surface area contributed by atoms with Crippen molar-refractivity contribution in [3.8, 4) is 0 Å². The molecule has 0 aliphatic heterocycles. The molecular formula is C18H25Br2N. The molecular weight excluding hydrogens is 390 g/mol. The maximum absolute atomic E-state index is 3.85. The highest BCUT2D eigenvalue weighted by atomic mass is 79.9. The van der Waals surface area contributed by atoms with Gasteiger partial charge in [-0.05, 0) is 80.2 Å². The van der Waals surface area contributed by atoms with Gasteiger partial charge in [0.05, 0.1) is 0 Å². The zero-order valence-electron chi connectivity index (χ0n) is 13.0. The maximum atomic E-state index is 3.85. The Bertz CT molecular complexity index is 514. The molecule has 21 heavy (non-hydrogen) atoms. The summed E-state index contributed by atoms with van der Waals surface area (Å²) >= 11 is 7.53. The Labute approximate surface area is 145 Å². The molecule has 3 heteroatoms. The first-order chi connectivity index (χ1) is 10.1. The predicted octanol–water partition coefficient (Wildman–Crippen LogP) is 6.00. The summed E-state index contributed by atoms with van der Waals surface area (Å²) in [7, 11) is 0. The Balaban J connectivity index is 1.90. The predicted molar refractivity (Wildman–Crippen MR) is 96.6 cm³/mol. The van der Waals surface area contributed by atoms with Gasteiger partial charge in [-0.15, -0.1) is 0 Å². The van der Waals surface area contributed by atoms with E-state index >= 15 is 0 Å². The summed E-state index contributed by atoms with van der Waals surface area (Å²) in [5, 5.41) is 3.85. The molecule has 4 atom stereocenters. The van der Waals surface area contributed by atoms with E-state index in [0.29, 0.717) is 6.04 Å². The molecule has 1 N–H and O–H groups in total. The van der Waals surface area contributed by atoms with Crippen LogP contribution in [-0.4, -0.2) is 6.54 Å². The zero-order valence-corrected chi connectivity index (χ0v) is 16.1. The number of benzene rings is 1. The second-order valence-corrected chi connectivity index (χ2v) is 8.60. The summed E-state index contributed by atoms with van der Waals surface area (Å²) in [6.07, 6.45) is 7.01. The highest BCUT2D eigenvalue weighted by Gasteiger charge is 2.43. The summed E-state index contributed by atoms with van der Waals surface area (Å²) in [4.78, 5) is 0. The number of hydrogen-bond acceptors (Lipinski definition) is 1. The topological polar surface area (TPSA) is 12.0 Å². The van der Waals surface area contributed by atoms with E-state index in [4.69, 9.17) is 0 Å². The minimum Gasteiger partial charge on any atom is -0.310 e. The van der Waals surface area contributed by atoms with Gasteiger partial charge in [0.1, 0.15) is 0 Å². The van der Waals surface area contributed by atoms with Crippen LogP contribution in [0, 0.1) is 24.7 Å². The van der Waals surface area contributed by atoms with E-state index < -0.39 is 0 Å². The Morgan fingerprint density at radius 1 is 1.19 bits per heavy atom. The van der Waals surface area contributed by atoms with E-state index in [1.54, 1.807) is 0 Å². The number of halogens is 2. The van der Waals surface area contributed by atoms with E-state index in [9.17, 15) is 0 Å². The third kappa shape index (κ3) is 3.25. The monoisotopic (exact) mass is 413 g/mol. The van der Waals surface area contributed by atoms with Gasteiger partial charge in [-0.3, -0.25) is 0 Å². The average molecular weight is 415 g/mol. The maximum Gasteiger partial charge on any atom is 0.0363 e. The second-order valence-electron chi connectivity index (χ2n) is 6.89. The Hall–Kier alpha value is 0.140. The van der Waals surface area contributed by atoms with Crippen molar-refractivity contribution in [1.82, 2.24) is 5.32 Å². The van der Waals surface area contributed by atoms with Crippen molar-refractivity contribution in [3.63, 3.8) is 0 Å². The number of hydrogen-bond donors (Lipinski definition) is 1. The average Bonchev–Trinajstić information content (AvgIpc) is 3.07. The molecule has 0 aromatic heterocycles. The molecule has 0 radical (unpaired) electrons. The minimum absolute atomic E-state index is 0.506. The number of aryl methyl sites for hydroxylation is 1. The molecule has 0 saturated heterocycles. The summed E-state index contributed by atoms with van der Waals surface area (Å²) in [6.45, 7) is 5.52. The van der Waals surface area contributed by atoms with E-state index in [0.717, 1.165) is 24.3 Å². The van der Waals surface area contributed by atoms with E-state index in [1.165, 1.54) is 52.2 Å². The van der Waals surface area contributed by atoms with Gasteiger partial charge in [0.25, 0.3) is 0 Å². The Morgan fingerprint density at radius 2 is 2.00 bits per heavy atom. The molecule has 0 amide bonds. The van der Waals surface area contributed by atoms with Crippen molar-refractivity contribution < 1.29 is 0 Å². The SMILES string of the molecule is CCCNC(c1cc(Br)c(C)cc1Br)C1CC2CCC1C2. The molecule has 116 valence electrons. The first-order valence-corrected chi connectivity index (χ1v) is 9.87. The van der Waals surface area contributed by atoms with Crippen LogP contribution in [0.25, 0.3) is 0 Å². The van der Waals surface area contributed by atoms with Crippen molar-refractivity contribution in [3.05, 3.63) is 32.2 Å². The molecule has 2 fully saturated rings. The third-order valence-electron chi connectivity index (χ3n) is 5.45. The van der Waals surface area contributed by atoms with Crippen LogP contribution in [0.15, 0.2) is 21.1 Å². The van der Waals surface area contributed by atoms with Crippen molar-refractivity contribution in [1.29, 1.82) is 0 Å². The molecule has 2 saturated carbocycles. The van der Waals surface area contributed by atoms with Gasteiger partial charge in [0.15, 0.2) is 0 Å². The molecule has 1 aromatic carbocycles. The molecule has 4 unspecified atom stereocenters. The molecule has 1 aromatic rings. The highest BCUT2D eigenvalue weighted by molar-refractivity contribution is 9.11. The standard InChI is InChI=1S/C18H25Br2N/c1-3-6-21-18(14-9-12-4-5-13(14)8-12)15-10-16(19)11(2)7-17(15)20/h7,10,12-14,18,21H,3-6,8-9H2,1-2H3. The van der Waals surface area contributed by atoms with Crippen LogP contribution in [0.1, 0.15) is 56.2 Å². The van der Waals surface area contributed by atoms with Crippen LogP contribution in [0.5, 0.6) is 0 Å². The molecule has 0 heterocycles. The summed E-state index contributed by atoms with van der Waals surface area (Å²) in [6, 6.07) is 5.10. The molecule has 1 nitrogen and oxygen atoms in total. The van der Waals surface area contributed by atoms with Crippen LogP contribution in [0.3, 0.4) is 0 Å². The quantitative estimate of drug-likeness (QED) is 0.623. The largest absolute Gasteiger partial charge is 0.310 e. The van der Waals surface area contributed by atoms with Crippen LogP contribution in [0.4, 0.5) is 0 Å². The van der Waals surface area contributed by atoms with Gasteiger partial charge in [-0.25, -0.2) is 0 Å². The lowest BCUT2D eigenvalue weighted by Gasteiger charge is -2.32. The van der Waals surface area contributed by atoms with E-state index in [1.807, 2.05) is 0 Å². The van der Waals surface area contributed by atoms with Crippen LogP contribution >= 0.6 is 31.9 Å². The minimum atomic E-state index is 0.506. The van der Waals surface area contributed by atoms with Crippen LogP contribution < -0.4 is 5.32 Å². The van der Waals surface area contributed by atoms with Gasteiger partial charge in [0.2, 0.25) is 0 Å². The van der Waals surface area contributed by atoms with Crippen molar-refractivity contribution in [2.45, 2.75) is 52.0 Å². The molecule has 2 bridgehead atoms. The van der Waals surface area contributed by atoms with Crippen molar-refractivity contribution >= 4 is 31.9 Å². The number of rotatable bonds is 5. The lowest BCUT2D eigenvalue weighted by atomic mass is 9.80. The fourth-order valence-electron chi connectivity index (χ4n) is 4.39. The molecule has 3 rings (SSSR count). The second kappa shape index (κ2) is 6.72. The first kappa shape index (κ1) is 16.0. The fourth-order valence-corrected chi connectivity index (χ4v) is 5.46. The Kier molecular flexibility index (Phi) is 5.12. The van der Waals surface area contributed by atoms with E-state index in [-0.39, 0.29) is 0 Å². The molecule has 2 aliphatic carbocycles. The lowest BCUT2D eigenvalue weighted by molar-refractivity contribution is 0.250. The Morgan fingerprint density at radius 3 is 2.62 bits per heavy atom. The van der Waals surface area contributed by atoms with Gasteiger partial charge in [-0.2, -0.15) is 0 Å². The van der Waals surface area contributed by atoms with Gasteiger partial charge < -0.3 is 5.32 Å². The summed E-state index contributed by atoms with van der Waals surface area (Å²) in [5.74, 6) is 2.76. The van der Waals surface area contributed by atoms with Gasteiger partial charge in [-0.1, -0.05) is 45.2 Å². The zero-order chi connectivity index (χ0) is 15.0. The summed E-state index contributed by atoms with van der Waals surface area (Å²) in [5.41, 5.74) is 2.74. The van der Waals surface area contributed by atoms with Crippen molar-refractivity contribution in [2.24, 2.45) is 17.8 Å². The lowest BCUT2D eigenvalue weighted by Crippen LogP contribution is -2.32. The molecule has 0 spiro atoms. The molecule has 2 aliphatic rings. The number of nitrogens with one attached hydrogen (secondary N) is 1. The van der Waals surface area contributed by atoms with Gasteiger partial charge >= 0.3 is 0 Å². The smallest absolute Gasteiger partial charge is 0.0363 e. The van der Waals surface area contributed by atoms with Gasteiger partial charge in [0, 0.05) is 15.0 Å². The van der Waals surface area contributed by atoms with Crippen LogP contribution in [-0.2, 0) is 0 Å². The fraction of sp³-hybridized carbons (Fsp3) is 0.667. The first-order valence-electron chi connectivity index (χ1n) is 8.29. The third-order valence-corrected chi connectivity index (χ3v) is 6.99. The van der Waals surface area contributed by atoms with Crippen molar-refractivity contribution in [2.75, 3.05) is 6.54 Å². The normalized spacial score (nSPS) is 29.0. The van der Waals surface area contributed by atoms with Crippen LogP contribution in [0.2, 0.25) is 0 Å². The highest BCUT2D eigenvalue weighted by Crippen LogP contribution is 2.53. The summed E-state index contributed by atoms with van der Waals surface area (Å²) < 4.78 is 2.49.